The molecular formula is C20H25N5O. The first kappa shape index (κ1) is 17.9. The summed E-state index contributed by atoms with van der Waals surface area (Å²) in [6, 6.07) is 15.7. The van der Waals surface area contributed by atoms with Crippen LogP contribution in [0.4, 0.5) is 10.5 Å². The number of urea groups is 1. The lowest BCUT2D eigenvalue weighted by Crippen LogP contribution is -2.39. The van der Waals surface area contributed by atoms with Gasteiger partial charge in [-0.3, -0.25) is 4.68 Å². The van der Waals surface area contributed by atoms with Crippen LogP contribution in [-0.2, 0) is 7.05 Å². The van der Waals surface area contributed by atoms with E-state index in [9.17, 15) is 4.79 Å². The van der Waals surface area contributed by atoms with Crippen molar-refractivity contribution in [2.24, 2.45) is 7.05 Å². The molecule has 2 aromatic carbocycles. The van der Waals surface area contributed by atoms with Crippen LogP contribution in [0.2, 0.25) is 0 Å². The maximum Gasteiger partial charge on any atom is 0.322 e. The number of carbonyl (C=O) groups is 1. The maximum absolute atomic E-state index is 12.8. The molecule has 0 unspecified atom stereocenters. The molecule has 0 fully saturated rings. The molecule has 0 bridgehead atoms. The van der Waals surface area contributed by atoms with Crippen molar-refractivity contribution in [2.45, 2.75) is 6.04 Å². The summed E-state index contributed by atoms with van der Waals surface area (Å²) in [5.74, 6) is 0. The molecule has 0 aliphatic heterocycles. The molecule has 1 heterocycles. The highest BCUT2D eigenvalue weighted by molar-refractivity contribution is 5.92. The average Bonchev–Trinajstić information content (AvgIpc) is 3.00. The zero-order chi connectivity index (χ0) is 18.7. The predicted octanol–water partition coefficient (Wildman–Crippen LogP) is 3.34. The molecule has 1 atom stereocenters. The monoisotopic (exact) mass is 351 g/mol. The van der Waals surface area contributed by atoms with Crippen LogP contribution in [0, 0.1) is 0 Å². The molecule has 0 aliphatic carbocycles. The smallest absolute Gasteiger partial charge is 0.319 e. The Hall–Kier alpha value is -2.86. The highest BCUT2D eigenvalue weighted by atomic mass is 16.2. The Balaban J connectivity index is 1.79. The van der Waals surface area contributed by atoms with Gasteiger partial charge in [0, 0.05) is 31.7 Å². The highest BCUT2D eigenvalue weighted by Crippen LogP contribution is 2.22. The number of benzene rings is 2. The fraction of sp³-hybridized carbons (Fsp3) is 0.300. The summed E-state index contributed by atoms with van der Waals surface area (Å²) in [5.41, 5.74) is 2.91. The number of fused-ring (bicyclic) bond motifs is 1. The van der Waals surface area contributed by atoms with Gasteiger partial charge >= 0.3 is 6.03 Å². The van der Waals surface area contributed by atoms with Crippen LogP contribution in [0.25, 0.3) is 10.9 Å². The minimum Gasteiger partial charge on any atom is -0.319 e. The first-order chi connectivity index (χ1) is 12.5. The summed E-state index contributed by atoms with van der Waals surface area (Å²) in [4.78, 5) is 16.7. The normalized spacial score (nSPS) is 12.3. The number of nitrogens with zero attached hydrogens (tertiary/aromatic N) is 4. The van der Waals surface area contributed by atoms with Crippen molar-refractivity contribution in [2.75, 3.05) is 33.0 Å². The minimum atomic E-state index is -0.135. The molecule has 0 saturated carbocycles. The fourth-order valence-electron chi connectivity index (χ4n) is 3.07. The van der Waals surface area contributed by atoms with E-state index in [-0.39, 0.29) is 12.1 Å². The molecule has 2 amide bonds. The van der Waals surface area contributed by atoms with E-state index >= 15 is 0 Å². The number of carbonyl (C=O) groups excluding carboxylic acids is 1. The number of anilines is 1. The van der Waals surface area contributed by atoms with Crippen molar-refractivity contribution in [3.8, 4) is 0 Å². The van der Waals surface area contributed by atoms with Crippen LogP contribution in [0.5, 0.6) is 0 Å². The van der Waals surface area contributed by atoms with Gasteiger partial charge in [-0.2, -0.15) is 5.10 Å². The van der Waals surface area contributed by atoms with Crippen molar-refractivity contribution in [3.63, 3.8) is 0 Å². The number of nitrogens with one attached hydrogen (secondary N) is 1. The average molecular weight is 351 g/mol. The van der Waals surface area contributed by atoms with E-state index in [4.69, 9.17) is 0 Å². The van der Waals surface area contributed by atoms with Crippen molar-refractivity contribution < 1.29 is 4.79 Å². The fourth-order valence-corrected chi connectivity index (χ4v) is 3.07. The number of aryl methyl sites for hydroxylation is 1. The van der Waals surface area contributed by atoms with Crippen LogP contribution in [0.1, 0.15) is 11.6 Å². The van der Waals surface area contributed by atoms with Crippen LogP contribution >= 0.6 is 0 Å². The van der Waals surface area contributed by atoms with Gasteiger partial charge in [-0.25, -0.2) is 4.79 Å². The van der Waals surface area contributed by atoms with Crippen LogP contribution in [0.15, 0.2) is 54.7 Å². The molecule has 3 rings (SSSR count). The standard InChI is InChI=1S/C20H25N5O/c1-23(2)14-19(15-8-6-5-7-9-15)24(3)20(26)22-17-10-11-18-16(12-17)13-21-25(18)4/h5-13,19H,14H2,1-4H3,(H,22,26)/t19-/m1/s1. The zero-order valence-corrected chi connectivity index (χ0v) is 15.7. The van der Waals surface area contributed by atoms with Gasteiger partial charge in [0.2, 0.25) is 0 Å². The molecule has 0 radical (unpaired) electrons. The van der Waals surface area contributed by atoms with E-state index < -0.39 is 0 Å². The van der Waals surface area contributed by atoms with Crippen molar-refractivity contribution in [3.05, 3.63) is 60.3 Å². The minimum absolute atomic E-state index is 0.0340. The number of aromatic nitrogens is 2. The number of hydrogen-bond acceptors (Lipinski definition) is 3. The topological polar surface area (TPSA) is 53.4 Å². The molecular weight excluding hydrogens is 326 g/mol. The van der Waals surface area contributed by atoms with Crippen molar-refractivity contribution >= 4 is 22.6 Å². The van der Waals surface area contributed by atoms with Gasteiger partial charge in [0.1, 0.15) is 0 Å². The molecule has 3 aromatic rings. The van der Waals surface area contributed by atoms with Gasteiger partial charge in [-0.1, -0.05) is 30.3 Å². The zero-order valence-electron chi connectivity index (χ0n) is 15.7. The van der Waals surface area contributed by atoms with Gasteiger partial charge in [0.05, 0.1) is 17.8 Å². The van der Waals surface area contributed by atoms with E-state index in [0.29, 0.717) is 0 Å². The van der Waals surface area contributed by atoms with Gasteiger partial charge in [0.15, 0.2) is 0 Å². The van der Waals surface area contributed by atoms with Gasteiger partial charge in [-0.15, -0.1) is 0 Å². The lowest BCUT2D eigenvalue weighted by molar-refractivity contribution is 0.188. The Bertz CT molecular complexity index is 888. The van der Waals surface area contributed by atoms with Crippen LogP contribution < -0.4 is 5.32 Å². The molecule has 26 heavy (non-hydrogen) atoms. The summed E-state index contributed by atoms with van der Waals surface area (Å²) in [6.07, 6.45) is 1.80. The van der Waals surface area contributed by atoms with Gasteiger partial charge in [-0.05, 0) is 37.9 Å². The lowest BCUT2D eigenvalue weighted by Gasteiger charge is -2.31. The maximum atomic E-state index is 12.8. The van der Waals surface area contributed by atoms with E-state index in [1.807, 2.05) is 69.3 Å². The first-order valence-corrected chi connectivity index (χ1v) is 8.61. The Morgan fingerprint density at radius 1 is 1.15 bits per heavy atom. The largest absolute Gasteiger partial charge is 0.322 e. The van der Waals surface area contributed by atoms with Crippen LogP contribution in [-0.4, -0.2) is 53.3 Å². The molecule has 136 valence electrons. The van der Waals surface area contributed by atoms with Gasteiger partial charge < -0.3 is 15.1 Å². The third kappa shape index (κ3) is 3.86. The van der Waals surface area contributed by atoms with E-state index in [1.165, 1.54) is 0 Å². The number of amides is 2. The first-order valence-electron chi connectivity index (χ1n) is 8.61. The Labute approximate surface area is 154 Å². The van der Waals surface area contributed by atoms with Crippen molar-refractivity contribution in [1.82, 2.24) is 19.6 Å². The third-order valence-electron chi connectivity index (χ3n) is 4.51. The number of hydrogen-bond donors (Lipinski definition) is 1. The quantitative estimate of drug-likeness (QED) is 0.767. The third-order valence-corrected chi connectivity index (χ3v) is 4.51. The number of likely N-dealkylation sites (N-methyl/N-ethyl adjacent to an activating group) is 2. The molecule has 1 aromatic heterocycles. The molecule has 0 saturated heterocycles. The van der Waals surface area contributed by atoms with Crippen LogP contribution in [0.3, 0.4) is 0 Å². The second-order valence-corrected chi connectivity index (χ2v) is 6.77. The molecule has 1 N–H and O–H groups in total. The highest BCUT2D eigenvalue weighted by Gasteiger charge is 2.22. The summed E-state index contributed by atoms with van der Waals surface area (Å²) in [6.45, 7) is 0.746. The van der Waals surface area contributed by atoms with Gasteiger partial charge in [0.25, 0.3) is 0 Å². The SMILES string of the molecule is CN(C)C[C@H](c1ccccc1)N(C)C(=O)Nc1ccc2c(cnn2C)c1. The van der Waals surface area contributed by atoms with E-state index in [2.05, 4.69) is 27.4 Å². The van der Waals surface area contributed by atoms with E-state index in [0.717, 1.165) is 28.7 Å². The summed E-state index contributed by atoms with van der Waals surface area (Å²) < 4.78 is 1.82. The lowest BCUT2D eigenvalue weighted by atomic mass is 10.1. The summed E-state index contributed by atoms with van der Waals surface area (Å²) >= 11 is 0. The predicted molar refractivity (Wildman–Crippen MR) is 105 cm³/mol. The Morgan fingerprint density at radius 3 is 2.58 bits per heavy atom. The summed E-state index contributed by atoms with van der Waals surface area (Å²) in [7, 11) is 7.76. The Kier molecular flexibility index (Phi) is 5.23. The van der Waals surface area contributed by atoms with E-state index in [1.54, 1.807) is 11.1 Å². The second kappa shape index (κ2) is 7.58. The molecule has 6 heteroatoms. The molecule has 6 nitrogen and oxygen atoms in total. The second-order valence-electron chi connectivity index (χ2n) is 6.77. The summed E-state index contributed by atoms with van der Waals surface area (Å²) in [5, 5.41) is 8.24. The van der Waals surface area contributed by atoms with Crippen molar-refractivity contribution in [1.29, 1.82) is 0 Å². The molecule has 0 aliphatic rings. The molecule has 0 spiro atoms. The number of rotatable bonds is 5. The Morgan fingerprint density at radius 2 is 1.88 bits per heavy atom.